The van der Waals surface area contributed by atoms with Crippen molar-refractivity contribution in [2.24, 2.45) is 15.6 Å². The molecule has 2 rings (SSSR count). The highest BCUT2D eigenvalue weighted by atomic mass is 32.2. The average molecular weight is 580 g/mol. The fraction of sp³-hybridized carbons (Fsp3) is 0.500. The van der Waals surface area contributed by atoms with E-state index >= 15 is 0 Å². The molecule has 14 heteroatoms. The number of methoxy groups -OCH3 is 1. The molecule has 2 aromatic carbocycles. The fourth-order valence-corrected chi connectivity index (χ4v) is 5.16. The number of hydrogen-bond acceptors (Lipinski definition) is 11. The monoisotopic (exact) mass is 579 g/mol. The number of nitrogens with zero attached hydrogens (tertiary/aromatic N) is 4. The van der Waals surface area contributed by atoms with Crippen molar-refractivity contribution in [1.82, 2.24) is 0 Å². The van der Waals surface area contributed by atoms with Gasteiger partial charge in [-0.05, 0) is 31.4 Å². The lowest BCUT2D eigenvalue weighted by atomic mass is 9.79. The highest BCUT2D eigenvalue weighted by Gasteiger charge is 2.33. The largest absolute Gasteiger partial charge is 0.494 e. The number of carbonyl (C=O) groups excluding carboxylic acids is 1. The molecule has 1 amide bonds. The molecule has 0 heterocycles. The molecular weight excluding hydrogens is 542 g/mol. The van der Waals surface area contributed by atoms with Crippen LogP contribution in [0, 0.1) is 15.5 Å². The number of ether oxygens (including phenoxy) is 1. The van der Waals surface area contributed by atoms with Crippen molar-refractivity contribution in [2.45, 2.75) is 44.9 Å². The topological polar surface area (TPSA) is 184 Å². The van der Waals surface area contributed by atoms with Gasteiger partial charge in [0.2, 0.25) is 5.91 Å². The molecular formula is C26H37N5O8S. The third-order valence-corrected chi connectivity index (χ3v) is 8.08. The van der Waals surface area contributed by atoms with Crippen LogP contribution in [-0.4, -0.2) is 69.1 Å². The van der Waals surface area contributed by atoms with Crippen LogP contribution >= 0.6 is 0 Å². The molecule has 0 fully saturated rings. The number of hydrogen-bond donors (Lipinski definition) is 3. The van der Waals surface area contributed by atoms with E-state index in [0.29, 0.717) is 30.7 Å². The number of aliphatic hydroxyl groups excluding tert-OH is 2. The van der Waals surface area contributed by atoms with Crippen molar-refractivity contribution < 1.29 is 33.1 Å². The molecule has 0 saturated heterocycles. The number of benzene rings is 2. The van der Waals surface area contributed by atoms with Gasteiger partial charge in [0.05, 0.1) is 36.6 Å². The minimum absolute atomic E-state index is 0.124. The predicted octanol–water partition coefficient (Wildman–Crippen LogP) is 4.37. The second kappa shape index (κ2) is 14.1. The summed E-state index contributed by atoms with van der Waals surface area (Å²) in [4.78, 5) is 25.3. The summed E-state index contributed by atoms with van der Waals surface area (Å²) in [5, 5.41) is 41.5. The van der Waals surface area contributed by atoms with E-state index in [-0.39, 0.29) is 54.2 Å². The van der Waals surface area contributed by atoms with Gasteiger partial charge in [0, 0.05) is 43.0 Å². The molecule has 0 saturated carbocycles. The molecule has 220 valence electrons. The van der Waals surface area contributed by atoms with Crippen molar-refractivity contribution in [3.8, 4) is 5.75 Å². The van der Waals surface area contributed by atoms with E-state index in [1.165, 1.54) is 19.2 Å². The van der Waals surface area contributed by atoms with Crippen molar-refractivity contribution in [1.29, 1.82) is 0 Å². The molecule has 0 aromatic heterocycles. The van der Waals surface area contributed by atoms with E-state index in [0.717, 1.165) is 18.4 Å². The van der Waals surface area contributed by atoms with Crippen LogP contribution < -0.4 is 15.0 Å². The zero-order valence-electron chi connectivity index (χ0n) is 23.4. The number of nitro groups is 1. The first-order chi connectivity index (χ1) is 18.9. The van der Waals surface area contributed by atoms with Gasteiger partial charge in [0.25, 0.3) is 5.69 Å². The Bertz CT molecular complexity index is 1330. The maximum atomic E-state index is 13.5. The van der Waals surface area contributed by atoms with E-state index in [1.54, 1.807) is 11.0 Å². The Morgan fingerprint density at radius 1 is 1.05 bits per heavy atom. The Kier molecular flexibility index (Phi) is 11.5. The third kappa shape index (κ3) is 7.52. The van der Waals surface area contributed by atoms with Crippen LogP contribution in [0.25, 0.3) is 0 Å². The van der Waals surface area contributed by atoms with Crippen LogP contribution in [0.2, 0.25) is 0 Å². The van der Waals surface area contributed by atoms with Crippen LogP contribution in [0.1, 0.15) is 40.0 Å². The Balaban J connectivity index is 2.76. The van der Waals surface area contributed by atoms with Gasteiger partial charge in [-0.2, -0.15) is 0 Å². The summed E-state index contributed by atoms with van der Waals surface area (Å²) in [5.41, 5.74) is -0.333. The Morgan fingerprint density at radius 2 is 1.62 bits per heavy atom. The first-order valence-corrected chi connectivity index (χ1v) is 14.7. The van der Waals surface area contributed by atoms with Gasteiger partial charge in [-0.25, -0.2) is 8.42 Å². The number of rotatable bonds is 15. The summed E-state index contributed by atoms with van der Waals surface area (Å²) in [5.74, 6) is 0.0595. The average Bonchev–Trinajstić information content (AvgIpc) is 2.92. The molecule has 3 N–H and O–H groups in total. The fourth-order valence-electron chi connectivity index (χ4n) is 4.34. The van der Waals surface area contributed by atoms with Crippen LogP contribution in [0.3, 0.4) is 0 Å². The zero-order valence-corrected chi connectivity index (χ0v) is 24.2. The number of nitro benzene ring substituents is 1. The first kappa shape index (κ1) is 32.6. The van der Waals surface area contributed by atoms with Crippen LogP contribution in [0.5, 0.6) is 5.75 Å². The Labute approximate surface area is 233 Å². The van der Waals surface area contributed by atoms with Gasteiger partial charge in [0.15, 0.2) is 9.84 Å². The molecule has 13 nitrogen and oxygen atoms in total. The lowest BCUT2D eigenvalue weighted by molar-refractivity contribution is -0.385. The lowest BCUT2D eigenvalue weighted by Gasteiger charge is -2.30. The van der Waals surface area contributed by atoms with Crippen molar-refractivity contribution in [2.75, 3.05) is 49.9 Å². The SMILES string of the molecule is CCC(CC)(CC)C(=O)Nc1cc(N(CCO)CCO)c(OC)cc1N=Nc1ccc([N+](=O)[O-])cc1S(C)(=O)=O. The molecule has 0 atom stereocenters. The van der Waals surface area contributed by atoms with Crippen LogP contribution in [0.4, 0.5) is 28.4 Å². The minimum Gasteiger partial charge on any atom is -0.494 e. The highest BCUT2D eigenvalue weighted by molar-refractivity contribution is 7.90. The summed E-state index contributed by atoms with van der Waals surface area (Å²) in [6.45, 7) is 5.73. The molecule has 0 unspecified atom stereocenters. The van der Waals surface area contributed by atoms with Crippen molar-refractivity contribution in [3.05, 3.63) is 40.4 Å². The normalized spacial score (nSPS) is 12.0. The quantitative estimate of drug-likeness (QED) is 0.157. The molecule has 0 radical (unpaired) electrons. The molecule has 40 heavy (non-hydrogen) atoms. The van der Waals surface area contributed by atoms with E-state index < -0.39 is 25.9 Å². The second-order valence-corrected chi connectivity index (χ2v) is 11.1. The Hall–Kier alpha value is -3.62. The summed E-state index contributed by atoms with van der Waals surface area (Å²) in [6.07, 6.45) is 2.68. The number of aliphatic hydroxyl groups is 2. The number of carbonyl (C=O) groups is 1. The second-order valence-electron chi connectivity index (χ2n) is 9.15. The number of sulfone groups is 1. The summed E-state index contributed by atoms with van der Waals surface area (Å²) in [6, 6.07) is 6.30. The van der Waals surface area contributed by atoms with Gasteiger partial charge >= 0.3 is 0 Å². The highest BCUT2D eigenvalue weighted by Crippen LogP contribution is 2.41. The molecule has 0 aliphatic carbocycles. The van der Waals surface area contributed by atoms with E-state index in [1.807, 2.05) is 20.8 Å². The number of anilines is 2. The Morgan fingerprint density at radius 3 is 2.10 bits per heavy atom. The van der Waals surface area contributed by atoms with E-state index in [9.17, 15) is 33.5 Å². The predicted molar refractivity (Wildman–Crippen MR) is 152 cm³/mol. The molecule has 0 spiro atoms. The van der Waals surface area contributed by atoms with Gasteiger partial charge in [-0.15, -0.1) is 10.2 Å². The summed E-state index contributed by atoms with van der Waals surface area (Å²) < 4.78 is 30.2. The lowest BCUT2D eigenvalue weighted by Crippen LogP contribution is -2.35. The van der Waals surface area contributed by atoms with Crippen molar-refractivity contribution in [3.63, 3.8) is 0 Å². The maximum Gasteiger partial charge on any atom is 0.270 e. The molecule has 0 bridgehead atoms. The zero-order chi connectivity index (χ0) is 30.1. The summed E-state index contributed by atoms with van der Waals surface area (Å²) >= 11 is 0. The van der Waals surface area contributed by atoms with Crippen LogP contribution in [-0.2, 0) is 14.6 Å². The minimum atomic E-state index is -3.90. The third-order valence-electron chi connectivity index (χ3n) is 6.96. The van der Waals surface area contributed by atoms with Gasteiger partial charge < -0.3 is 25.2 Å². The first-order valence-electron chi connectivity index (χ1n) is 12.8. The standard InChI is InChI=1S/C26H37N5O8S/c1-6-26(7-2,8-3)25(34)27-20-16-22(30(11-13-32)12-14-33)23(39-4)17-21(20)29-28-19-10-9-18(31(35)36)15-24(19)40(5,37)38/h9-10,15-17,32-33H,6-8,11-14H2,1-5H3,(H,27,34). The number of azo groups is 1. The molecule has 0 aliphatic rings. The van der Waals surface area contributed by atoms with Crippen molar-refractivity contribution >= 4 is 44.2 Å². The summed E-state index contributed by atoms with van der Waals surface area (Å²) in [7, 11) is -2.48. The maximum absolute atomic E-state index is 13.5. The molecule has 2 aromatic rings. The van der Waals surface area contributed by atoms with E-state index in [2.05, 4.69) is 15.5 Å². The van der Waals surface area contributed by atoms with Gasteiger partial charge in [0.1, 0.15) is 22.0 Å². The number of non-ortho nitro benzene ring substituents is 1. The number of nitrogens with one attached hydrogen (secondary N) is 1. The number of amides is 1. The van der Waals surface area contributed by atoms with Gasteiger partial charge in [-0.3, -0.25) is 14.9 Å². The molecule has 0 aliphatic heterocycles. The van der Waals surface area contributed by atoms with Crippen LogP contribution in [0.15, 0.2) is 45.5 Å². The van der Waals surface area contributed by atoms with E-state index in [4.69, 9.17) is 4.74 Å². The smallest absolute Gasteiger partial charge is 0.270 e. The van der Waals surface area contributed by atoms with Gasteiger partial charge in [-0.1, -0.05) is 20.8 Å².